The predicted octanol–water partition coefficient (Wildman–Crippen LogP) is 2.99. The van der Waals surface area contributed by atoms with Crippen LogP contribution in [0, 0.1) is 0 Å². The van der Waals surface area contributed by atoms with E-state index in [0.29, 0.717) is 0 Å². The van der Waals surface area contributed by atoms with Gasteiger partial charge in [0.25, 0.3) is 0 Å². The Kier molecular flexibility index (Phi) is 3.73. The van der Waals surface area contributed by atoms with Gasteiger partial charge < -0.3 is 0 Å². The molecule has 0 atom stereocenters. The smallest absolute Gasteiger partial charge is 0.110 e. The third kappa shape index (κ3) is 2.70. The van der Waals surface area contributed by atoms with Crippen molar-refractivity contribution in [2.45, 2.75) is 37.8 Å². The van der Waals surface area contributed by atoms with Gasteiger partial charge in [0.1, 0.15) is 5.66 Å². The second-order valence-electron chi connectivity index (χ2n) is 4.51. The van der Waals surface area contributed by atoms with E-state index >= 15 is 0 Å². The molecule has 2 nitrogen and oxygen atoms in total. The Morgan fingerprint density at radius 1 is 1.12 bits per heavy atom. The van der Waals surface area contributed by atoms with Gasteiger partial charge in [-0.25, -0.2) is 0 Å². The van der Waals surface area contributed by atoms with Crippen molar-refractivity contribution in [1.29, 1.82) is 0 Å². The van der Waals surface area contributed by atoms with Crippen LogP contribution in [0.2, 0.25) is 0 Å². The van der Waals surface area contributed by atoms with E-state index in [1.165, 1.54) is 24.8 Å². The highest BCUT2D eigenvalue weighted by Gasteiger charge is 2.28. The van der Waals surface area contributed by atoms with Crippen molar-refractivity contribution in [2.24, 2.45) is 4.99 Å². The molecule has 1 aliphatic carbocycles. The summed E-state index contributed by atoms with van der Waals surface area (Å²) in [5.41, 5.74) is 1.18. The van der Waals surface area contributed by atoms with Gasteiger partial charge in [0.15, 0.2) is 0 Å². The summed E-state index contributed by atoms with van der Waals surface area (Å²) in [6.45, 7) is 0. The molecular weight excluding hydrogens is 196 g/mol. The van der Waals surface area contributed by atoms with Crippen molar-refractivity contribution in [1.82, 2.24) is 5.32 Å². The summed E-state index contributed by atoms with van der Waals surface area (Å²) in [4.78, 5) is 4.77. The first-order valence-electron chi connectivity index (χ1n) is 6.14. The minimum atomic E-state index is -0.00586. The Labute approximate surface area is 97.8 Å². The largest absolute Gasteiger partial charge is 0.296 e. The molecule has 0 amide bonds. The van der Waals surface area contributed by atoms with E-state index in [-0.39, 0.29) is 5.66 Å². The topological polar surface area (TPSA) is 24.4 Å². The Balaban J connectivity index is 2.09. The van der Waals surface area contributed by atoms with E-state index < -0.39 is 0 Å². The summed E-state index contributed by atoms with van der Waals surface area (Å²) in [5.74, 6) is 0. The van der Waals surface area contributed by atoms with Crippen LogP contribution >= 0.6 is 0 Å². The van der Waals surface area contributed by atoms with Gasteiger partial charge in [0, 0.05) is 6.21 Å². The standard InChI is InChI=1S/C14H20N2/c1-15-14(10-6-3-7-11-14)16-12-13-8-4-2-5-9-13/h2,4-5,8-9,12,15H,3,6-7,10-11H2,1H3. The number of nitrogens with one attached hydrogen (secondary N) is 1. The van der Waals surface area contributed by atoms with E-state index in [0.717, 1.165) is 12.8 Å². The average molecular weight is 216 g/mol. The van der Waals surface area contributed by atoms with Crippen molar-refractivity contribution in [2.75, 3.05) is 7.05 Å². The lowest BCUT2D eigenvalue weighted by Crippen LogP contribution is -2.42. The zero-order valence-corrected chi connectivity index (χ0v) is 9.95. The normalized spacial score (nSPS) is 20.1. The second kappa shape index (κ2) is 5.26. The summed E-state index contributed by atoms with van der Waals surface area (Å²) < 4.78 is 0. The van der Waals surface area contributed by atoms with Gasteiger partial charge in [0.05, 0.1) is 0 Å². The van der Waals surface area contributed by atoms with Crippen molar-refractivity contribution >= 4 is 6.21 Å². The lowest BCUT2D eigenvalue weighted by molar-refractivity contribution is 0.259. The maximum Gasteiger partial charge on any atom is 0.110 e. The van der Waals surface area contributed by atoms with Crippen LogP contribution in [-0.2, 0) is 0 Å². The third-order valence-corrected chi connectivity index (χ3v) is 3.41. The molecule has 2 rings (SSSR count). The SMILES string of the molecule is CNC1(N=Cc2ccccc2)CCCCC1. The fraction of sp³-hybridized carbons (Fsp3) is 0.500. The van der Waals surface area contributed by atoms with Crippen LogP contribution < -0.4 is 5.32 Å². The Hall–Kier alpha value is -1.15. The van der Waals surface area contributed by atoms with Gasteiger partial charge in [-0.2, -0.15) is 0 Å². The van der Waals surface area contributed by atoms with Crippen LogP contribution in [0.15, 0.2) is 35.3 Å². The summed E-state index contributed by atoms with van der Waals surface area (Å²) in [6, 6.07) is 10.3. The van der Waals surface area contributed by atoms with E-state index in [4.69, 9.17) is 4.99 Å². The predicted molar refractivity (Wildman–Crippen MR) is 68.9 cm³/mol. The van der Waals surface area contributed by atoms with Gasteiger partial charge in [-0.05, 0) is 38.3 Å². The minimum Gasteiger partial charge on any atom is -0.296 e. The maximum atomic E-state index is 4.77. The highest BCUT2D eigenvalue weighted by molar-refractivity contribution is 5.79. The van der Waals surface area contributed by atoms with E-state index in [9.17, 15) is 0 Å². The van der Waals surface area contributed by atoms with Crippen LogP contribution in [0.5, 0.6) is 0 Å². The Bertz CT molecular complexity index is 337. The molecule has 1 saturated carbocycles. The number of nitrogens with zero attached hydrogens (tertiary/aromatic N) is 1. The number of aliphatic imine (C=N–C) groups is 1. The van der Waals surface area contributed by atoms with E-state index in [1.807, 2.05) is 31.5 Å². The van der Waals surface area contributed by atoms with Crippen LogP contribution in [0.3, 0.4) is 0 Å². The molecule has 1 N–H and O–H groups in total. The monoisotopic (exact) mass is 216 g/mol. The average Bonchev–Trinajstić information content (AvgIpc) is 2.39. The highest BCUT2D eigenvalue weighted by atomic mass is 15.1. The summed E-state index contributed by atoms with van der Waals surface area (Å²) in [5, 5.41) is 3.39. The molecular formula is C14H20N2. The number of benzene rings is 1. The van der Waals surface area contributed by atoms with Gasteiger partial charge >= 0.3 is 0 Å². The zero-order chi connectivity index (χ0) is 11.3. The zero-order valence-electron chi connectivity index (χ0n) is 9.95. The van der Waals surface area contributed by atoms with Crippen molar-refractivity contribution in [3.8, 4) is 0 Å². The molecule has 2 heteroatoms. The fourth-order valence-electron chi connectivity index (χ4n) is 2.32. The maximum absolute atomic E-state index is 4.77. The molecule has 0 unspecified atom stereocenters. The number of hydrogen-bond acceptors (Lipinski definition) is 2. The van der Waals surface area contributed by atoms with Crippen LogP contribution in [0.25, 0.3) is 0 Å². The quantitative estimate of drug-likeness (QED) is 0.772. The molecule has 1 aliphatic rings. The van der Waals surface area contributed by atoms with Crippen LogP contribution in [0.1, 0.15) is 37.7 Å². The molecule has 0 aliphatic heterocycles. The molecule has 0 saturated heterocycles. The van der Waals surface area contributed by atoms with Crippen molar-refractivity contribution in [3.05, 3.63) is 35.9 Å². The first-order valence-corrected chi connectivity index (χ1v) is 6.14. The molecule has 1 fully saturated rings. The lowest BCUT2D eigenvalue weighted by atomic mass is 9.89. The molecule has 86 valence electrons. The van der Waals surface area contributed by atoms with Gasteiger partial charge in [-0.15, -0.1) is 0 Å². The van der Waals surface area contributed by atoms with Crippen molar-refractivity contribution < 1.29 is 0 Å². The molecule has 0 bridgehead atoms. The molecule has 0 spiro atoms. The van der Waals surface area contributed by atoms with Gasteiger partial charge in [0.2, 0.25) is 0 Å². The first kappa shape index (κ1) is 11.3. The van der Waals surface area contributed by atoms with Crippen LogP contribution in [-0.4, -0.2) is 18.9 Å². The molecule has 16 heavy (non-hydrogen) atoms. The van der Waals surface area contributed by atoms with Gasteiger partial charge in [-0.1, -0.05) is 36.8 Å². The Morgan fingerprint density at radius 3 is 2.44 bits per heavy atom. The molecule has 1 aromatic carbocycles. The van der Waals surface area contributed by atoms with Crippen molar-refractivity contribution in [3.63, 3.8) is 0 Å². The third-order valence-electron chi connectivity index (χ3n) is 3.41. The summed E-state index contributed by atoms with van der Waals surface area (Å²) in [7, 11) is 2.02. The summed E-state index contributed by atoms with van der Waals surface area (Å²) in [6.07, 6.45) is 8.24. The lowest BCUT2D eigenvalue weighted by Gasteiger charge is -2.33. The van der Waals surface area contributed by atoms with Gasteiger partial charge in [-0.3, -0.25) is 10.3 Å². The van der Waals surface area contributed by atoms with E-state index in [2.05, 4.69) is 17.4 Å². The molecule has 1 aromatic rings. The number of rotatable bonds is 3. The molecule has 0 heterocycles. The first-order chi connectivity index (χ1) is 7.85. The molecule has 0 radical (unpaired) electrons. The Morgan fingerprint density at radius 2 is 1.81 bits per heavy atom. The fourth-order valence-corrected chi connectivity index (χ4v) is 2.32. The minimum absolute atomic E-state index is 0.00586. The highest BCUT2D eigenvalue weighted by Crippen LogP contribution is 2.28. The van der Waals surface area contributed by atoms with E-state index in [1.54, 1.807) is 0 Å². The molecule has 0 aromatic heterocycles. The van der Waals surface area contributed by atoms with Crippen LogP contribution in [0.4, 0.5) is 0 Å². The number of hydrogen-bond donors (Lipinski definition) is 1. The summed E-state index contributed by atoms with van der Waals surface area (Å²) >= 11 is 0. The second-order valence-corrected chi connectivity index (χ2v) is 4.51.